The number of rotatable bonds is 6. The second-order valence-electron chi connectivity index (χ2n) is 3.55. The van der Waals surface area contributed by atoms with Crippen LogP contribution >= 0.6 is 0 Å². The zero-order valence-corrected chi connectivity index (χ0v) is 10.0. The summed E-state index contributed by atoms with van der Waals surface area (Å²) < 4.78 is 7.51. The van der Waals surface area contributed by atoms with Crippen LogP contribution in [-0.2, 0) is 11.3 Å². The van der Waals surface area contributed by atoms with Crippen molar-refractivity contribution in [3.05, 3.63) is 18.2 Å². The number of methoxy groups -OCH3 is 1. The normalized spacial score (nSPS) is 15.2. The van der Waals surface area contributed by atoms with E-state index < -0.39 is 0 Å². The van der Waals surface area contributed by atoms with Gasteiger partial charge in [-0.2, -0.15) is 0 Å². The largest absolute Gasteiger partial charge is 0.380 e. The van der Waals surface area contributed by atoms with Gasteiger partial charge in [-0.15, -0.1) is 0 Å². The Hall–Kier alpha value is -0.870. The highest BCUT2D eigenvalue weighted by atomic mass is 16.5. The summed E-state index contributed by atoms with van der Waals surface area (Å²) in [7, 11) is 1.73. The molecule has 2 atom stereocenters. The van der Waals surface area contributed by atoms with Gasteiger partial charge in [0.15, 0.2) is 0 Å². The SMILES string of the molecule is CCNC(c1nccn1CC)C(C)OC. The van der Waals surface area contributed by atoms with Crippen LogP contribution in [-0.4, -0.2) is 29.3 Å². The fourth-order valence-corrected chi connectivity index (χ4v) is 1.69. The number of nitrogens with zero attached hydrogens (tertiary/aromatic N) is 2. The molecule has 0 aromatic carbocycles. The number of hydrogen-bond donors (Lipinski definition) is 1. The van der Waals surface area contributed by atoms with E-state index in [1.54, 1.807) is 7.11 Å². The molecule has 2 unspecified atom stereocenters. The molecule has 0 saturated carbocycles. The minimum atomic E-state index is 0.123. The van der Waals surface area contributed by atoms with E-state index >= 15 is 0 Å². The molecule has 1 aromatic heterocycles. The Balaban J connectivity index is 2.87. The smallest absolute Gasteiger partial charge is 0.128 e. The van der Waals surface area contributed by atoms with Crippen LogP contribution in [0.15, 0.2) is 12.4 Å². The Kier molecular flexibility index (Phi) is 4.78. The third-order valence-corrected chi connectivity index (χ3v) is 2.63. The molecule has 0 aliphatic carbocycles. The van der Waals surface area contributed by atoms with Gasteiger partial charge >= 0.3 is 0 Å². The van der Waals surface area contributed by atoms with Crippen molar-refractivity contribution >= 4 is 0 Å². The summed E-state index contributed by atoms with van der Waals surface area (Å²) in [5.74, 6) is 1.05. The highest BCUT2D eigenvalue weighted by Gasteiger charge is 2.21. The third-order valence-electron chi connectivity index (χ3n) is 2.63. The molecule has 0 saturated heterocycles. The number of aryl methyl sites for hydroxylation is 1. The number of imidazole rings is 1. The maximum atomic E-state index is 5.37. The van der Waals surface area contributed by atoms with Crippen LogP contribution in [0.1, 0.15) is 32.6 Å². The predicted octanol–water partition coefficient (Wildman–Crippen LogP) is 1.59. The molecular formula is C11H21N3O. The van der Waals surface area contributed by atoms with Gasteiger partial charge in [0.05, 0.1) is 12.1 Å². The fraction of sp³-hybridized carbons (Fsp3) is 0.727. The fourth-order valence-electron chi connectivity index (χ4n) is 1.69. The van der Waals surface area contributed by atoms with Gasteiger partial charge < -0.3 is 14.6 Å². The molecule has 1 heterocycles. The van der Waals surface area contributed by atoms with Gasteiger partial charge in [0.2, 0.25) is 0 Å². The zero-order valence-electron chi connectivity index (χ0n) is 10.0. The zero-order chi connectivity index (χ0) is 11.3. The lowest BCUT2D eigenvalue weighted by Gasteiger charge is -2.23. The molecule has 86 valence electrons. The molecule has 15 heavy (non-hydrogen) atoms. The van der Waals surface area contributed by atoms with E-state index in [9.17, 15) is 0 Å². The van der Waals surface area contributed by atoms with Crippen molar-refractivity contribution in [3.8, 4) is 0 Å². The number of likely N-dealkylation sites (N-methyl/N-ethyl adjacent to an activating group) is 1. The van der Waals surface area contributed by atoms with Crippen molar-refractivity contribution in [3.63, 3.8) is 0 Å². The molecule has 0 amide bonds. The van der Waals surface area contributed by atoms with Crippen molar-refractivity contribution in [1.29, 1.82) is 0 Å². The summed E-state index contributed by atoms with van der Waals surface area (Å²) in [6.07, 6.45) is 3.96. The van der Waals surface area contributed by atoms with Gasteiger partial charge in [-0.25, -0.2) is 4.98 Å². The lowest BCUT2D eigenvalue weighted by atomic mass is 10.1. The Morgan fingerprint density at radius 1 is 1.53 bits per heavy atom. The van der Waals surface area contributed by atoms with E-state index in [1.165, 1.54) is 0 Å². The molecule has 0 radical (unpaired) electrons. The first-order valence-electron chi connectivity index (χ1n) is 5.51. The van der Waals surface area contributed by atoms with Crippen LogP contribution in [0.2, 0.25) is 0 Å². The molecular weight excluding hydrogens is 190 g/mol. The van der Waals surface area contributed by atoms with E-state index in [-0.39, 0.29) is 12.1 Å². The van der Waals surface area contributed by atoms with E-state index in [0.29, 0.717) is 0 Å². The molecule has 1 aromatic rings. The molecule has 1 N–H and O–H groups in total. The number of aromatic nitrogens is 2. The minimum Gasteiger partial charge on any atom is -0.380 e. The highest BCUT2D eigenvalue weighted by Crippen LogP contribution is 2.17. The summed E-state index contributed by atoms with van der Waals surface area (Å²) in [6.45, 7) is 8.12. The van der Waals surface area contributed by atoms with E-state index in [4.69, 9.17) is 4.74 Å². The summed E-state index contributed by atoms with van der Waals surface area (Å²) in [6, 6.07) is 0.162. The third kappa shape index (κ3) is 2.79. The van der Waals surface area contributed by atoms with Gasteiger partial charge in [-0.05, 0) is 20.4 Å². The molecule has 4 heteroatoms. The predicted molar refractivity (Wildman–Crippen MR) is 60.8 cm³/mol. The summed E-state index contributed by atoms with van der Waals surface area (Å²) in [5, 5.41) is 3.40. The lowest BCUT2D eigenvalue weighted by Crippen LogP contribution is -2.33. The number of nitrogens with one attached hydrogen (secondary N) is 1. The average molecular weight is 211 g/mol. The molecule has 4 nitrogen and oxygen atoms in total. The van der Waals surface area contributed by atoms with Gasteiger partial charge in [0.25, 0.3) is 0 Å². The second kappa shape index (κ2) is 5.88. The van der Waals surface area contributed by atoms with Crippen LogP contribution < -0.4 is 5.32 Å². The van der Waals surface area contributed by atoms with Crippen LogP contribution in [0, 0.1) is 0 Å². The minimum absolute atomic E-state index is 0.123. The molecule has 0 aliphatic heterocycles. The quantitative estimate of drug-likeness (QED) is 0.776. The van der Waals surface area contributed by atoms with E-state index in [0.717, 1.165) is 18.9 Å². The molecule has 0 fully saturated rings. The highest BCUT2D eigenvalue weighted by molar-refractivity contribution is 5.01. The van der Waals surface area contributed by atoms with Crippen molar-refractivity contribution in [2.24, 2.45) is 0 Å². The summed E-state index contributed by atoms with van der Waals surface area (Å²) in [5.41, 5.74) is 0. The first-order chi connectivity index (χ1) is 7.24. The van der Waals surface area contributed by atoms with Crippen molar-refractivity contribution in [2.45, 2.75) is 39.5 Å². The maximum absolute atomic E-state index is 5.37. The number of ether oxygens (including phenoxy) is 1. The summed E-state index contributed by atoms with van der Waals surface area (Å²) >= 11 is 0. The molecule has 1 rings (SSSR count). The van der Waals surface area contributed by atoms with Crippen molar-refractivity contribution in [1.82, 2.24) is 14.9 Å². The number of hydrogen-bond acceptors (Lipinski definition) is 3. The van der Waals surface area contributed by atoms with Gasteiger partial charge in [-0.3, -0.25) is 0 Å². The second-order valence-corrected chi connectivity index (χ2v) is 3.55. The van der Waals surface area contributed by atoms with E-state index in [1.807, 2.05) is 12.4 Å². The van der Waals surface area contributed by atoms with Crippen LogP contribution in [0.3, 0.4) is 0 Å². The van der Waals surface area contributed by atoms with Gasteiger partial charge in [-0.1, -0.05) is 6.92 Å². The molecule has 0 bridgehead atoms. The topological polar surface area (TPSA) is 39.1 Å². The van der Waals surface area contributed by atoms with Crippen molar-refractivity contribution < 1.29 is 4.74 Å². The Labute approximate surface area is 91.7 Å². The van der Waals surface area contributed by atoms with E-state index in [2.05, 4.69) is 35.6 Å². The van der Waals surface area contributed by atoms with Crippen LogP contribution in [0.25, 0.3) is 0 Å². The monoisotopic (exact) mass is 211 g/mol. The maximum Gasteiger partial charge on any atom is 0.128 e. The summed E-state index contributed by atoms with van der Waals surface area (Å²) in [4.78, 5) is 4.40. The Morgan fingerprint density at radius 2 is 2.27 bits per heavy atom. The standard InChI is InChI=1S/C11H21N3O/c1-5-12-10(9(3)15-4)11-13-7-8-14(11)6-2/h7-10,12H,5-6H2,1-4H3. The Morgan fingerprint density at radius 3 is 2.80 bits per heavy atom. The first kappa shape index (κ1) is 12.2. The lowest BCUT2D eigenvalue weighted by molar-refractivity contribution is 0.0795. The molecule has 0 spiro atoms. The first-order valence-corrected chi connectivity index (χ1v) is 5.51. The molecule has 0 aliphatic rings. The van der Waals surface area contributed by atoms with Crippen LogP contribution in [0.5, 0.6) is 0 Å². The van der Waals surface area contributed by atoms with Crippen molar-refractivity contribution in [2.75, 3.05) is 13.7 Å². The Bertz CT molecular complexity index is 285. The van der Waals surface area contributed by atoms with Crippen LogP contribution in [0.4, 0.5) is 0 Å². The average Bonchev–Trinajstić information content (AvgIpc) is 2.72. The van der Waals surface area contributed by atoms with Gasteiger partial charge in [0.1, 0.15) is 5.82 Å². The van der Waals surface area contributed by atoms with Gasteiger partial charge in [0, 0.05) is 26.0 Å².